The lowest BCUT2D eigenvalue weighted by Crippen LogP contribution is -2.35. The minimum atomic E-state index is -0.642. The number of amides is 1. The quantitative estimate of drug-likeness (QED) is 0.690. The summed E-state index contributed by atoms with van der Waals surface area (Å²) in [7, 11) is 1.60. The number of aryl methyl sites for hydroxylation is 1. The van der Waals surface area contributed by atoms with E-state index in [0.717, 1.165) is 16.9 Å². The molecule has 140 valence electrons. The third kappa shape index (κ3) is 4.84. The number of aromatic nitrogens is 2. The lowest BCUT2D eigenvalue weighted by atomic mass is 10.2. The van der Waals surface area contributed by atoms with Crippen molar-refractivity contribution in [1.29, 1.82) is 0 Å². The van der Waals surface area contributed by atoms with Crippen LogP contribution in [0.15, 0.2) is 53.1 Å². The number of nitrogens with one attached hydrogen (secondary N) is 1. The fourth-order valence-electron chi connectivity index (χ4n) is 2.36. The van der Waals surface area contributed by atoms with Crippen molar-refractivity contribution in [2.24, 2.45) is 0 Å². The highest BCUT2D eigenvalue weighted by molar-refractivity contribution is 5.80. The molecule has 7 heteroatoms. The van der Waals surface area contributed by atoms with Crippen LogP contribution in [0.1, 0.15) is 18.4 Å². The first-order chi connectivity index (χ1) is 13.0. The summed E-state index contributed by atoms with van der Waals surface area (Å²) in [6.45, 7) is 3.81. The Morgan fingerprint density at radius 3 is 2.44 bits per heavy atom. The fraction of sp³-hybridized carbons (Fsp3) is 0.250. The van der Waals surface area contributed by atoms with Gasteiger partial charge in [0.1, 0.15) is 11.5 Å². The van der Waals surface area contributed by atoms with Crippen LogP contribution in [0, 0.1) is 6.92 Å². The molecule has 0 bridgehead atoms. The Morgan fingerprint density at radius 1 is 1.11 bits per heavy atom. The second-order valence-corrected chi connectivity index (χ2v) is 6.03. The van der Waals surface area contributed by atoms with Crippen LogP contribution in [0.25, 0.3) is 11.4 Å². The standard InChI is InChI=1S/C20H21N3O4/c1-13-4-8-17(9-5-13)26-14(2)20(24)21-12-18-22-19(23-27-18)15-6-10-16(25-3)11-7-15/h4-11,14H,12H2,1-3H3,(H,21,24)/t14-/m1/s1. The van der Waals surface area contributed by atoms with Crippen LogP contribution in [0.4, 0.5) is 0 Å². The van der Waals surface area contributed by atoms with Gasteiger partial charge >= 0.3 is 0 Å². The zero-order valence-electron chi connectivity index (χ0n) is 15.4. The van der Waals surface area contributed by atoms with Crippen LogP contribution in [-0.4, -0.2) is 29.3 Å². The summed E-state index contributed by atoms with van der Waals surface area (Å²) in [5, 5.41) is 6.66. The van der Waals surface area contributed by atoms with E-state index in [4.69, 9.17) is 14.0 Å². The monoisotopic (exact) mass is 367 g/mol. The van der Waals surface area contributed by atoms with Gasteiger partial charge in [-0.25, -0.2) is 0 Å². The maximum absolute atomic E-state index is 12.2. The highest BCUT2D eigenvalue weighted by Crippen LogP contribution is 2.19. The Hall–Kier alpha value is -3.35. The van der Waals surface area contributed by atoms with Crippen LogP contribution >= 0.6 is 0 Å². The molecule has 7 nitrogen and oxygen atoms in total. The molecule has 27 heavy (non-hydrogen) atoms. The molecule has 0 unspecified atom stereocenters. The summed E-state index contributed by atoms with van der Waals surface area (Å²) in [6, 6.07) is 14.8. The van der Waals surface area contributed by atoms with Gasteiger partial charge in [-0.1, -0.05) is 22.9 Å². The maximum Gasteiger partial charge on any atom is 0.261 e. The molecule has 1 heterocycles. The first-order valence-corrected chi connectivity index (χ1v) is 8.53. The topological polar surface area (TPSA) is 86.5 Å². The second kappa shape index (κ2) is 8.35. The van der Waals surface area contributed by atoms with Crippen molar-refractivity contribution in [2.75, 3.05) is 7.11 Å². The molecule has 0 saturated heterocycles. The summed E-state index contributed by atoms with van der Waals surface area (Å²) in [5.41, 5.74) is 1.93. The molecule has 0 radical (unpaired) electrons. The Bertz CT molecular complexity index is 888. The largest absolute Gasteiger partial charge is 0.497 e. The lowest BCUT2D eigenvalue weighted by molar-refractivity contribution is -0.127. The number of hydrogen-bond acceptors (Lipinski definition) is 6. The fourth-order valence-corrected chi connectivity index (χ4v) is 2.36. The van der Waals surface area contributed by atoms with Crippen molar-refractivity contribution < 1.29 is 18.8 Å². The van der Waals surface area contributed by atoms with Crippen LogP contribution in [-0.2, 0) is 11.3 Å². The lowest BCUT2D eigenvalue weighted by Gasteiger charge is -2.14. The molecule has 1 aromatic heterocycles. The van der Waals surface area contributed by atoms with Gasteiger partial charge in [0.2, 0.25) is 11.7 Å². The molecule has 0 aliphatic heterocycles. The van der Waals surface area contributed by atoms with Crippen molar-refractivity contribution >= 4 is 5.91 Å². The van der Waals surface area contributed by atoms with E-state index in [1.54, 1.807) is 14.0 Å². The molecular weight excluding hydrogens is 346 g/mol. The van der Waals surface area contributed by atoms with Crippen molar-refractivity contribution in [2.45, 2.75) is 26.5 Å². The third-order valence-corrected chi connectivity index (χ3v) is 3.93. The zero-order valence-corrected chi connectivity index (χ0v) is 15.4. The summed E-state index contributed by atoms with van der Waals surface area (Å²) in [5.74, 6) is 1.89. The van der Waals surface area contributed by atoms with Crippen LogP contribution in [0.3, 0.4) is 0 Å². The van der Waals surface area contributed by atoms with Crippen molar-refractivity contribution in [1.82, 2.24) is 15.5 Å². The smallest absolute Gasteiger partial charge is 0.261 e. The van der Waals surface area contributed by atoms with Crippen LogP contribution in [0.2, 0.25) is 0 Å². The summed E-state index contributed by atoms with van der Waals surface area (Å²) >= 11 is 0. The number of carbonyl (C=O) groups is 1. The van der Waals surface area contributed by atoms with E-state index in [9.17, 15) is 4.79 Å². The van der Waals surface area contributed by atoms with Crippen LogP contribution in [0.5, 0.6) is 11.5 Å². The van der Waals surface area contributed by atoms with Gasteiger partial charge in [0.05, 0.1) is 13.7 Å². The Balaban J connectivity index is 1.54. The highest BCUT2D eigenvalue weighted by atomic mass is 16.5. The van der Waals surface area contributed by atoms with Gasteiger partial charge in [-0.3, -0.25) is 4.79 Å². The number of benzene rings is 2. The molecule has 1 atom stereocenters. The van der Waals surface area contributed by atoms with Crippen molar-refractivity contribution in [3.8, 4) is 22.9 Å². The highest BCUT2D eigenvalue weighted by Gasteiger charge is 2.16. The second-order valence-electron chi connectivity index (χ2n) is 6.03. The number of nitrogens with zero attached hydrogens (tertiary/aromatic N) is 2. The summed E-state index contributed by atoms with van der Waals surface area (Å²) in [6.07, 6.45) is -0.642. The van der Waals surface area contributed by atoms with Gasteiger partial charge in [0, 0.05) is 5.56 Å². The molecule has 3 aromatic rings. The molecule has 1 amide bonds. The SMILES string of the molecule is COc1ccc(-c2noc(CNC(=O)[C@@H](C)Oc3ccc(C)cc3)n2)cc1. The third-order valence-electron chi connectivity index (χ3n) is 3.93. The number of rotatable bonds is 7. The average molecular weight is 367 g/mol. The molecule has 2 aromatic carbocycles. The number of methoxy groups -OCH3 is 1. The Kier molecular flexibility index (Phi) is 5.71. The molecule has 1 N–H and O–H groups in total. The molecular formula is C20H21N3O4. The average Bonchev–Trinajstić information content (AvgIpc) is 3.17. The Labute approximate surface area is 157 Å². The first-order valence-electron chi connectivity index (χ1n) is 8.53. The summed E-state index contributed by atoms with van der Waals surface area (Å²) < 4.78 is 15.9. The molecule has 0 spiro atoms. The molecule has 0 saturated carbocycles. The van der Waals surface area contributed by atoms with Crippen molar-refractivity contribution in [3.63, 3.8) is 0 Å². The van der Waals surface area contributed by atoms with E-state index in [-0.39, 0.29) is 12.5 Å². The molecule has 0 aliphatic carbocycles. The number of carbonyl (C=O) groups excluding carboxylic acids is 1. The molecule has 0 fully saturated rings. The normalized spacial score (nSPS) is 11.7. The number of ether oxygens (including phenoxy) is 2. The summed E-state index contributed by atoms with van der Waals surface area (Å²) in [4.78, 5) is 16.5. The van der Waals surface area contributed by atoms with Gasteiger partial charge in [0.25, 0.3) is 5.91 Å². The Morgan fingerprint density at radius 2 is 1.78 bits per heavy atom. The van der Waals surface area contributed by atoms with E-state index in [0.29, 0.717) is 17.5 Å². The predicted molar refractivity (Wildman–Crippen MR) is 99.4 cm³/mol. The van der Waals surface area contributed by atoms with Crippen molar-refractivity contribution in [3.05, 3.63) is 60.0 Å². The van der Waals surface area contributed by atoms with E-state index in [2.05, 4.69) is 15.5 Å². The van der Waals surface area contributed by atoms with Gasteiger partial charge in [-0.05, 0) is 50.2 Å². The van der Waals surface area contributed by atoms with Crippen LogP contribution < -0.4 is 14.8 Å². The van der Waals surface area contributed by atoms with Gasteiger partial charge in [0.15, 0.2) is 6.10 Å². The van der Waals surface area contributed by atoms with Gasteiger partial charge in [-0.2, -0.15) is 4.98 Å². The molecule has 0 aliphatic rings. The van der Waals surface area contributed by atoms with Gasteiger partial charge < -0.3 is 19.3 Å². The zero-order chi connectivity index (χ0) is 19.2. The molecule has 3 rings (SSSR count). The van der Waals surface area contributed by atoms with E-state index >= 15 is 0 Å². The van der Waals surface area contributed by atoms with Gasteiger partial charge in [-0.15, -0.1) is 0 Å². The maximum atomic E-state index is 12.2. The first kappa shape index (κ1) is 18.4. The minimum Gasteiger partial charge on any atom is -0.497 e. The minimum absolute atomic E-state index is 0.129. The van der Waals surface area contributed by atoms with E-state index < -0.39 is 6.10 Å². The van der Waals surface area contributed by atoms with E-state index in [1.807, 2.05) is 55.5 Å². The number of hydrogen-bond donors (Lipinski definition) is 1. The van der Waals surface area contributed by atoms with E-state index in [1.165, 1.54) is 0 Å². The predicted octanol–water partition coefficient (Wildman–Crippen LogP) is 3.14.